The predicted molar refractivity (Wildman–Crippen MR) is 134 cm³/mol. The van der Waals surface area contributed by atoms with Crippen LogP contribution in [0.4, 0.5) is 5.69 Å². The fourth-order valence-corrected chi connectivity index (χ4v) is 11.2. The lowest BCUT2D eigenvalue weighted by Crippen LogP contribution is -2.27. The van der Waals surface area contributed by atoms with Crippen molar-refractivity contribution >= 4 is 73.2 Å². The van der Waals surface area contributed by atoms with E-state index in [-0.39, 0.29) is 0 Å². The molecule has 1 rings (SSSR count). The number of benzene rings is 1. The Balaban J connectivity index is 3.04. The predicted octanol–water partition coefficient (Wildman–Crippen LogP) is 5.41. The van der Waals surface area contributed by atoms with Crippen LogP contribution in [-0.4, -0.2) is 58.7 Å². The third-order valence-electron chi connectivity index (χ3n) is 3.94. The summed E-state index contributed by atoms with van der Waals surface area (Å²) in [6.45, 7) is 12.4. The molecule has 1 aromatic rings. The number of anilines is 1. The third-order valence-corrected chi connectivity index (χ3v) is 12.2. The molecule has 0 heterocycles. The number of rotatable bonds is 8. The van der Waals surface area contributed by atoms with Crippen LogP contribution in [0.1, 0.15) is 27.7 Å². The number of hydrogen-bond donors (Lipinski definition) is 0. The maximum atomic E-state index is 5.72. The highest BCUT2D eigenvalue weighted by Crippen LogP contribution is 2.61. The molecule has 8 heteroatoms. The van der Waals surface area contributed by atoms with E-state index in [1.807, 2.05) is 0 Å². The Morgan fingerprint density at radius 3 is 1.50 bits per heavy atom. The van der Waals surface area contributed by atoms with Crippen molar-refractivity contribution < 1.29 is 0 Å². The minimum absolute atomic E-state index is 0.605. The van der Waals surface area contributed by atoms with Crippen LogP contribution >= 0.6 is 53.5 Å². The summed E-state index contributed by atoms with van der Waals surface area (Å²) in [4.78, 5) is 6.60. The molecule has 0 atom stereocenters. The molecule has 0 aliphatic carbocycles. The SMILES string of the molecule is CCN(CC)C(=S)SP(SC(=S)N(CC)CC)c1ccc(N(C)C)cc1. The van der Waals surface area contributed by atoms with Gasteiger partial charge in [-0.15, -0.1) is 0 Å². The van der Waals surface area contributed by atoms with Gasteiger partial charge < -0.3 is 14.7 Å². The molecule has 0 aliphatic rings. The Morgan fingerprint density at radius 1 is 0.808 bits per heavy atom. The Bertz CT molecular complexity index is 546. The summed E-state index contributed by atoms with van der Waals surface area (Å²) in [6, 6.07) is 8.78. The first kappa shape index (κ1) is 24.0. The van der Waals surface area contributed by atoms with Crippen molar-refractivity contribution in [3.05, 3.63) is 24.3 Å². The van der Waals surface area contributed by atoms with Crippen LogP contribution in [0.3, 0.4) is 0 Å². The smallest absolute Gasteiger partial charge is 0.141 e. The second-order valence-corrected chi connectivity index (χ2v) is 13.2. The van der Waals surface area contributed by atoms with Gasteiger partial charge in [-0.25, -0.2) is 0 Å². The Kier molecular flexibility index (Phi) is 11.4. The van der Waals surface area contributed by atoms with Gasteiger partial charge in [0.05, 0.1) is 6.33 Å². The normalized spacial score (nSPS) is 10.7. The molecule has 146 valence electrons. The van der Waals surface area contributed by atoms with Gasteiger partial charge in [0.15, 0.2) is 0 Å². The molecule has 0 aliphatic heterocycles. The molecule has 0 N–H and O–H groups in total. The fourth-order valence-electron chi connectivity index (χ4n) is 2.22. The van der Waals surface area contributed by atoms with Crippen molar-refractivity contribution in [3.8, 4) is 0 Å². The molecule has 0 fully saturated rings. The van der Waals surface area contributed by atoms with Gasteiger partial charge >= 0.3 is 0 Å². The zero-order valence-corrected chi connectivity index (χ0v) is 20.7. The Morgan fingerprint density at radius 2 is 1.19 bits per heavy atom. The zero-order valence-electron chi connectivity index (χ0n) is 16.6. The summed E-state index contributed by atoms with van der Waals surface area (Å²) < 4.78 is 1.93. The molecule has 0 radical (unpaired) electrons. The maximum absolute atomic E-state index is 5.72. The van der Waals surface area contributed by atoms with Gasteiger partial charge in [-0.1, -0.05) is 59.3 Å². The van der Waals surface area contributed by atoms with E-state index in [0.29, 0.717) is 0 Å². The lowest BCUT2D eigenvalue weighted by atomic mass is 10.3. The molecule has 1 aromatic carbocycles. The Hall–Kier alpha value is -0.0700. The highest BCUT2D eigenvalue weighted by molar-refractivity contribution is 8.97. The average Bonchev–Trinajstić information content (AvgIpc) is 2.63. The molecular formula is C18H30N3PS4. The van der Waals surface area contributed by atoms with Gasteiger partial charge in [-0.3, -0.25) is 0 Å². The molecule has 0 spiro atoms. The van der Waals surface area contributed by atoms with Crippen molar-refractivity contribution in [3.63, 3.8) is 0 Å². The van der Waals surface area contributed by atoms with Crippen LogP contribution in [0, 0.1) is 0 Å². The van der Waals surface area contributed by atoms with Crippen molar-refractivity contribution in [2.75, 3.05) is 45.2 Å². The first-order valence-corrected chi connectivity index (χ1v) is 13.9. The van der Waals surface area contributed by atoms with Gasteiger partial charge in [0.1, 0.15) is 8.64 Å². The average molecular weight is 448 g/mol. The van der Waals surface area contributed by atoms with E-state index in [9.17, 15) is 0 Å². The summed E-state index contributed by atoms with van der Waals surface area (Å²) in [5.41, 5.74) is 1.20. The van der Waals surface area contributed by atoms with Gasteiger partial charge in [0.2, 0.25) is 0 Å². The molecule has 0 amide bonds. The summed E-state index contributed by atoms with van der Waals surface area (Å²) in [5.74, 6) is 0. The summed E-state index contributed by atoms with van der Waals surface area (Å²) in [7, 11) is 4.12. The first-order valence-electron chi connectivity index (χ1n) is 8.89. The van der Waals surface area contributed by atoms with E-state index >= 15 is 0 Å². The van der Waals surface area contributed by atoms with E-state index < -0.39 is 6.33 Å². The van der Waals surface area contributed by atoms with E-state index in [4.69, 9.17) is 24.4 Å². The van der Waals surface area contributed by atoms with Crippen LogP contribution < -0.4 is 10.2 Å². The minimum Gasteiger partial charge on any atom is -0.378 e. The molecule has 0 bridgehead atoms. The zero-order chi connectivity index (χ0) is 19.7. The van der Waals surface area contributed by atoms with Crippen LogP contribution in [0.15, 0.2) is 24.3 Å². The van der Waals surface area contributed by atoms with E-state index in [1.54, 1.807) is 22.8 Å². The van der Waals surface area contributed by atoms with Gasteiger partial charge in [-0.05, 0) is 45.1 Å². The maximum Gasteiger partial charge on any atom is 0.141 e. The van der Waals surface area contributed by atoms with E-state index in [1.165, 1.54) is 11.0 Å². The molecule has 0 unspecified atom stereocenters. The largest absolute Gasteiger partial charge is 0.378 e. The van der Waals surface area contributed by atoms with Gasteiger partial charge in [0, 0.05) is 46.0 Å². The van der Waals surface area contributed by atoms with Crippen LogP contribution in [0.5, 0.6) is 0 Å². The lowest BCUT2D eigenvalue weighted by Gasteiger charge is -2.27. The molecule has 26 heavy (non-hydrogen) atoms. The molecule has 3 nitrogen and oxygen atoms in total. The molecule has 0 saturated heterocycles. The van der Waals surface area contributed by atoms with E-state index in [0.717, 1.165) is 34.8 Å². The number of hydrogen-bond acceptors (Lipinski definition) is 5. The summed E-state index contributed by atoms with van der Waals surface area (Å²) >= 11 is 15.0. The standard InChI is InChI=1S/C18H30N3PS4/c1-7-20(8-2)17(23)25-22(26-18(24)21(9-3)10-4)16-13-11-15(12-14-16)19(5)6/h11-14H,7-10H2,1-6H3. The minimum atomic E-state index is -0.605. The number of nitrogens with zero attached hydrogens (tertiary/aromatic N) is 3. The molecule has 0 aromatic heterocycles. The lowest BCUT2D eigenvalue weighted by molar-refractivity contribution is 0.482. The van der Waals surface area contributed by atoms with Crippen molar-refractivity contribution in [1.29, 1.82) is 0 Å². The summed E-state index contributed by atoms with van der Waals surface area (Å²) in [5, 5.41) is 1.31. The third kappa shape index (κ3) is 7.16. The van der Waals surface area contributed by atoms with Crippen LogP contribution in [0.2, 0.25) is 0 Å². The van der Waals surface area contributed by atoms with E-state index in [2.05, 4.69) is 80.8 Å². The quantitative estimate of drug-likeness (QED) is 0.384. The second-order valence-electron chi connectivity index (χ2n) is 5.73. The highest BCUT2D eigenvalue weighted by atomic mass is 33.1. The summed E-state index contributed by atoms with van der Waals surface area (Å²) in [6.07, 6.45) is -0.605. The van der Waals surface area contributed by atoms with Crippen LogP contribution in [0.25, 0.3) is 0 Å². The molecular weight excluding hydrogens is 417 g/mol. The van der Waals surface area contributed by atoms with Crippen molar-refractivity contribution in [2.24, 2.45) is 0 Å². The number of thiocarbonyl (C=S) groups is 2. The van der Waals surface area contributed by atoms with Gasteiger partial charge in [-0.2, -0.15) is 0 Å². The topological polar surface area (TPSA) is 9.72 Å². The van der Waals surface area contributed by atoms with Crippen molar-refractivity contribution in [1.82, 2.24) is 9.80 Å². The first-order chi connectivity index (χ1) is 12.4. The monoisotopic (exact) mass is 447 g/mol. The molecule has 0 saturated carbocycles. The van der Waals surface area contributed by atoms with Crippen molar-refractivity contribution in [2.45, 2.75) is 27.7 Å². The second kappa shape index (κ2) is 12.4. The van der Waals surface area contributed by atoms with Crippen LogP contribution in [-0.2, 0) is 0 Å². The Labute approximate surface area is 179 Å². The highest BCUT2D eigenvalue weighted by Gasteiger charge is 2.22. The van der Waals surface area contributed by atoms with Gasteiger partial charge in [0.25, 0.3) is 0 Å². The fraction of sp³-hybridized carbons (Fsp3) is 0.556.